The van der Waals surface area contributed by atoms with Crippen LogP contribution in [0.4, 0.5) is 5.82 Å². The average molecular weight is 276 g/mol. The van der Waals surface area contributed by atoms with Crippen molar-refractivity contribution in [2.75, 3.05) is 11.9 Å². The summed E-state index contributed by atoms with van der Waals surface area (Å²) in [6.45, 7) is 4.32. The van der Waals surface area contributed by atoms with Gasteiger partial charge in [0.05, 0.1) is 3.57 Å². The summed E-state index contributed by atoms with van der Waals surface area (Å²) in [4.78, 5) is 6.49. The van der Waals surface area contributed by atoms with Gasteiger partial charge in [-0.1, -0.05) is 0 Å². The molecule has 12 heavy (non-hydrogen) atoms. The number of anilines is 1. The molecule has 1 rings (SSSR count). The molecule has 0 atom stereocenters. The van der Waals surface area contributed by atoms with Crippen molar-refractivity contribution in [3.05, 3.63) is 21.9 Å². The first-order valence-electron chi connectivity index (χ1n) is 3.96. The molecule has 0 amide bonds. The van der Waals surface area contributed by atoms with Crippen molar-refractivity contribution in [3.63, 3.8) is 0 Å². The molecule has 0 unspecified atom stereocenters. The van der Waals surface area contributed by atoms with Crippen molar-refractivity contribution in [1.82, 2.24) is 4.98 Å². The Labute approximate surface area is 87.1 Å². The molecule has 1 aromatic heterocycles. The minimum atomic E-state index is 0.494. The molecule has 0 saturated carbocycles. The van der Waals surface area contributed by atoms with E-state index in [-0.39, 0.29) is 0 Å². The van der Waals surface area contributed by atoms with E-state index in [4.69, 9.17) is 0 Å². The number of halogens is 1. The van der Waals surface area contributed by atoms with Gasteiger partial charge in [0.25, 0.3) is 0 Å². The van der Waals surface area contributed by atoms with Crippen molar-refractivity contribution >= 4 is 28.4 Å². The van der Waals surface area contributed by atoms with E-state index in [0.29, 0.717) is 6.04 Å². The maximum Gasteiger partial charge on any atom is 0.141 e. The fourth-order valence-corrected chi connectivity index (χ4v) is 1.61. The lowest BCUT2D eigenvalue weighted by Gasteiger charge is -2.23. The highest BCUT2D eigenvalue weighted by atomic mass is 127. The predicted octanol–water partition coefficient (Wildman–Crippen LogP) is 2.53. The summed E-state index contributed by atoms with van der Waals surface area (Å²) < 4.78 is 1.20. The molecule has 1 heterocycles. The molecular weight excluding hydrogens is 263 g/mol. The van der Waals surface area contributed by atoms with Crippen molar-refractivity contribution < 1.29 is 0 Å². The zero-order valence-corrected chi connectivity index (χ0v) is 9.74. The summed E-state index contributed by atoms with van der Waals surface area (Å²) >= 11 is 2.30. The molecule has 3 heteroatoms. The van der Waals surface area contributed by atoms with E-state index in [1.165, 1.54) is 3.57 Å². The molecule has 0 aromatic carbocycles. The van der Waals surface area contributed by atoms with Crippen LogP contribution in [-0.4, -0.2) is 18.1 Å². The average Bonchev–Trinajstić information content (AvgIpc) is 2.04. The third-order valence-electron chi connectivity index (χ3n) is 1.85. The standard InChI is InChI=1S/C9H13IN2/c1-7(2)12(3)9-8(10)5-4-6-11-9/h4-7H,1-3H3. The molecule has 0 fully saturated rings. The lowest BCUT2D eigenvalue weighted by Crippen LogP contribution is -2.27. The molecule has 0 N–H and O–H groups in total. The van der Waals surface area contributed by atoms with Crippen molar-refractivity contribution in [1.29, 1.82) is 0 Å². The molecule has 0 spiro atoms. The second-order valence-corrected chi connectivity index (χ2v) is 4.18. The van der Waals surface area contributed by atoms with Gasteiger partial charge in [0.15, 0.2) is 0 Å². The van der Waals surface area contributed by atoms with E-state index in [1.54, 1.807) is 0 Å². The molecule has 0 bridgehead atoms. The summed E-state index contributed by atoms with van der Waals surface area (Å²) in [6.07, 6.45) is 1.83. The lowest BCUT2D eigenvalue weighted by atomic mass is 10.3. The van der Waals surface area contributed by atoms with Crippen LogP contribution in [0.2, 0.25) is 0 Å². The fourth-order valence-electron chi connectivity index (χ4n) is 0.881. The van der Waals surface area contributed by atoms with Gasteiger partial charge < -0.3 is 4.90 Å². The van der Waals surface area contributed by atoms with Gasteiger partial charge in [-0.25, -0.2) is 4.98 Å². The Hall–Kier alpha value is -0.320. The first-order valence-corrected chi connectivity index (χ1v) is 5.04. The molecule has 0 aliphatic rings. The smallest absolute Gasteiger partial charge is 0.141 e. The molecule has 0 saturated heterocycles. The van der Waals surface area contributed by atoms with E-state index < -0.39 is 0 Å². The van der Waals surface area contributed by atoms with Crippen LogP contribution in [0.5, 0.6) is 0 Å². The van der Waals surface area contributed by atoms with Gasteiger partial charge in [-0.15, -0.1) is 0 Å². The number of hydrogen-bond donors (Lipinski definition) is 0. The van der Waals surface area contributed by atoms with E-state index >= 15 is 0 Å². The summed E-state index contributed by atoms with van der Waals surface area (Å²) in [5.41, 5.74) is 0. The van der Waals surface area contributed by atoms with E-state index in [1.807, 2.05) is 12.3 Å². The number of aromatic nitrogens is 1. The van der Waals surface area contributed by atoms with Gasteiger partial charge in [0.1, 0.15) is 5.82 Å². The number of rotatable bonds is 2. The molecule has 66 valence electrons. The van der Waals surface area contributed by atoms with Gasteiger partial charge >= 0.3 is 0 Å². The first kappa shape index (κ1) is 9.77. The van der Waals surface area contributed by atoms with E-state index in [2.05, 4.69) is 59.4 Å². The normalized spacial score (nSPS) is 10.4. The van der Waals surface area contributed by atoms with Crippen molar-refractivity contribution in [3.8, 4) is 0 Å². The largest absolute Gasteiger partial charge is 0.356 e. The minimum absolute atomic E-state index is 0.494. The number of hydrogen-bond acceptors (Lipinski definition) is 2. The second kappa shape index (κ2) is 4.07. The van der Waals surface area contributed by atoms with Crippen molar-refractivity contribution in [2.24, 2.45) is 0 Å². The molecule has 1 aromatic rings. The Balaban J connectivity index is 2.94. The minimum Gasteiger partial charge on any atom is -0.356 e. The highest BCUT2D eigenvalue weighted by Gasteiger charge is 2.08. The highest BCUT2D eigenvalue weighted by molar-refractivity contribution is 14.1. The van der Waals surface area contributed by atoms with Crippen LogP contribution in [0.1, 0.15) is 13.8 Å². The maximum absolute atomic E-state index is 4.32. The summed E-state index contributed by atoms with van der Waals surface area (Å²) in [5, 5.41) is 0. The van der Waals surface area contributed by atoms with Gasteiger partial charge in [0, 0.05) is 19.3 Å². The molecule has 0 aliphatic carbocycles. The Morgan fingerprint density at radius 1 is 1.50 bits per heavy atom. The van der Waals surface area contributed by atoms with Crippen LogP contribution in [0.25, 0.3) is 0 Å². The highest BCUT2D eigenvalue weighted by Crippen LogP contribution is 2.18. The van der Waals surface area contributed by atoms with Crippen molar-refractivity contribution in [2.45, 2.75) is 19.9 Å². The first-order chi connectivity index (χ1) is 5.63. The second-order valence-electron chi connectivity index (χ2n) is 3.01. The van der Waals surface area contributed by atoms with Crippen LogP contribution in [-0.2, 0) is 0 Å². The van der Waals surface area contributed by atoms with Gasteiger partial charge in [-0.05, 0) is 48.6 Å². The quantitative estimate of drug-likeness (QED) is 0.772. The van der Waals surface area contributed by atoms with E-state index in [9.17, 15) is 0 Å². The summed E-state index contributed by atoms with van der Waals surface area (Å²) in [5.74, 6) is 1.06. The maximum atomic E-state index is 4.32. The van der Waals surface area contributed by atoms with Crippen LogP contribution in [0.3, 0.4) is 0 Å². The van der Waals surface area contributed by atoms with Crippen LogP contribution < -0.4 is 4.90 Å². The predicted molar refractivity (Wildman–Crippen MR) is 60.5 cm³/mol. The summed E-state index contributed by atoms with van der Waals surface area (Å²) in [7, 11) is 2.06. The number of pyridine rings is 1. The Morgan fingerprint density at radius 3 is 2.67 bits per heavy atom. The van der Waals surface area contributed by atoms with Crippen LogP contribution >= 0.6 is 22.6 Å². The van der Waals surface area contributed by atoms with Gasteiger partial charge in [-0.2, -0.15) is 0 Å². The SMILES string of the molecule is CC(C)N(C)c1ncccc1I. The van der Waals surface area contributed by atoms with Gasteiger partial charge in [0.2, 0.25) is 0 Å². The zero-order chi connectivity index (χ0) is 9.14. The lowest BCUT2D eigenvalue weighted by molar-refractivity contribution is 0.741. The Kier molecular flexibility index (Phi) is 3.31. The van der Waals surface area contributed by atoms with Crippen LogP contribution in [0, 0.1) is 3.57 Å². The van der Waals surface area contributed by atoms with Crippen LogP contribution in [0.15, 0.2) is 18.3 Å². The Bertz CT molecular complexity index is 260. The topological polar surface area (TPSA) is 16.1 Å². The molecular formula is C9H13IN2. The third kappa shape index (κ3) is 2.09. The third-order valence-corrected chi connectivity index (χ3v) is 2.69. The monoisotopic (exact) mass is 276 g/mol. The Morgan fingerprint density at radius 2 is 2.17 bits per heavy atom. The zero-order valence-electron chi connectivity index (χ0n) is 7.58. The molecule has 0 aliphatic heterocycles. The molecule has 0 radical (unpaired) electrons. The van der Waals surface area contributed by atoms with Gasteiger partial charge in [-0.3, -0.25) is 0 Å². The fraction of sp³-hybridized carbons (Fsp3) is 0.444. The molecule has 2 nitrogen and oxygen atoms in total. The summed E-state index contributed by atoms with van der Waals surface area (Å²) in [6, 6.07) is 4.52. The van der Waals surface area contributed by atoms with E-state index in [0.717, 1.165) is 5.82 Å². The number of nitrogens with zero attached hydrogens (tertiary/aromatic N) is 2.